The van der Waals surface area contributed by atoms with Gasteiger partial charge in [0, 0.05) is 18.4 Å². The Morgan fingerprint density at radius 1 is 1.50 bits per heavy atom. The first-order valence-electron chi connectivity index (χ1n) is 6.04. The molecule has 1 saturated heterocycles. The van der Waals surface area contributed by atoms with E-state index in [9.17, 15) is 9.90 Å². The van der Waals surface area contributed by atoms with Crippen molar-refractivity contribution in [2.24, 2.45) is 0 Å². The molecule has 0 aliphatic carbocycles. The summed E-state index contributed by atoms with van der Waals surface area (Å²) >= 11 is 0. The van der Waals surface area contributed by atoms with Crippen LogP contribution in [-0.2, 0) is 9.47 Å². The van der Waals surface area contributed by atoms with Crippen molar-refractivity contribution in [3.63, 3.8) is 0 Å². The third-order valence-electron chi connectivity index (χ3n) is 2.92. The van der Waals surface area contributed by atoms with Crippen molar-refractivity contribution >= 4 is 11.7 Å². The number of nitrogen functional groups attached to an aromatic ring is 1. The van der Waals surface area contributed by atoms with Gasteiger partial charge in [-0.25, -0.2) is 4.79 Å². The average Bonchev–Trinajstić information content (AvgIpc) is 2.37. The Morgan fingerprint density at radius 3 is 3.00 bits per heavy atom. The molecule has 1 heterocycles. The molecule has 3 N–H and O–H groups in total. The number of benzene rings is 1. The molecule has 0 saturated carbocycles. The van der Waals surface area contributed by atoms with Gasteiger partial charge in [-0.15, -0.1) is 0 Å². The van der Waals surface area contributed by atoms with E-state index < -0.39 is 5.97 Å². The third kappa shape index (κ3) is 3.13. The Morgan fingerprint density at radius 2 is 2.33 bits per heavy atom. The van der Waals surface area contributed by atoms with Gasteiger partial charge in [0.2, 0.25) is 0 Å². The highest BCUT2D eigenvalue weighted by Gasteiger charge is 2.18. The van der Waals surface area contributed by atoms with Gasteiger partial charge in [-0.1, -0.05) is 0 Å². The second-order valence-corrected chi connectivity index (χ2v) is 4.36. The van der Waals surface area contributed by atoms with E-state index >= 15 is 0 Å². The van der Waals surface area contributed by atoms with Crippen LogP contribution < -0.4 is 5.73 Å². The molecule has 5 nitrogen and oxygen atoms in total. The van der Waals surface area contributed by atoms with Gasteiger partial charge in [-0.2, -0.15) is 0 Å². The van der Waals surface area contributed by atoms with Crippen LogP contribution in [-0.4, -0.2) is 30.4 Å². The molecule has 0 bridgehead atoms. The monoisotopic (exact) mass is 251 g/mol. The van der Waals surface area contributed by atoms with Crippen molar-refractivity contribution in [1.29, 1.82) is 0 Å². The number of aromatic hydroxyl groups is 1. The van der Waals surface area contributed by atoms with Gasteiger partial charge in [0.05, 0.1) is 6.10 Å². The van der Waals surface area contributed by atoms with E-state index in [1.165, 1.54) is 12.1 Å². The maximum absolute atomic E-state index is 11.7. The summed E-state index contributed by atoms with van der Waals surface area (Å²) in [6, 6.07) is 4.33. The molecule has 1 aromatic rings. The highest BCUT2D eigenvalue weighted by molar-refractivity contribution is 5.92. The number of nitrogens with two attached hydrogens (primary N) is 1. The van der Waals surface area contributed by atoms with Gasteiger partial charge in [-0.3, -0.25) is 0 Å². The van der Waals surface area contributed by atoms with Crippen LogP contribution in [0.4, 0.5) is 5.69 Å². The number of phenolic OH excluding ortho intramolecular Hbond substituents is 1. The topological polar surface area (TPSA) is 81.8 Å². The van der Waals surface area contributed by atoms with Gasteiger partial charge in [0.15, 0.2) is 0 Å². The van der Waals surface area contributed by atoms with E-state index in [1.54, 1.807) is 6.07 Å². The Kier molecular flexibility index (Phi) is 4.04. The van der Waals surface area contributed by atoms with Crippen LogP contribution >= 0.6 is 0 Å². The van der Waals surface area contributed by atoms with Gasteiger partial charge in [0.1, 0.15) is 17.9 Å². The van der Waals surface area contributed by atoms with Crippen molar-refractivity contribution in [2.75, 3.05) is 18.9 Å². The molecule has 18 heavy (non-hydrogen) atoms. The van der Waals surface area contributed by atoms with Crippen molar-refractivity contribution < 1.29 is 19.4 Å². The molecule has 1 atom stereocenters. The second-order valence-electron chi connectivity index (χ2n) is 4.36. The van der Waals surface area contributed by atoms with Crippen molar-refractivity contribution in [3.05, 3.63) is 23.8 Å². The summed E-state index contributed by atoms with van der Waals surface area (Å²) < 4.78 is 10.6. The van der Waals surface area contributed by atoms with Crippen LogP contribution in [0.25, 0.3) is 0 Å². The van der Waals surface area contributed by atoms with Crippen LogP contribution in [0.3, 0.4) is 0 Å². The first-order chi connectivity index (χ1) is 8.66. The summed E-state index contributed by atoms with van der Waals surface area (Å²) in [5.74, 6) is -0.716. The molecule has 0 spiro atoms. The van der Waals surface area contributed by atoms with Crippen LogP contribution in [0.15, 0.2) is 18.2 Å². The standard InChI is InChI=1S/C13H17NO4/c14-9-4-5-11(12(15)7-9)13(16)18-8-10-3-1-2-6-17-10/h4-5,7,10,15H,1-3,6,8,14H2. The number of hydrogen-bond donors (Lipinski definition) is 2. The molecule has 1 aliphatic heterocycles. The van der Waals surface area contributed by atoms with Crippen LogP contribution in [0.2, 0.25) is 0 Å². The zero-order valence-corrected chi connectivity index (χ0v) is 10.1. The number of esters is 1. The molecule has 0 amide bonds. The number of carbonyl (C=O) groups is 1. The lowest BCUT2D eigenvalue weighted by Gasteiger charge is -2.22. The number of hydrogen-bond acceptors (Lipinski definition) is 5. The van der Waals surface area contributed by atoms with E-state index in [4.69, 9.17) is 15.2 Å². The number of rotatable bonds is 3. The molecule has 1 aliphatic rings. The summed E-state index contributed by atoms with van der Waals surface area (Å²) in [4.78, 5) is 11.7. The number of phenols is 1. The molecule has 98 valence electrons. The van der Waals surface area contributed by atoms with Gasteiger partial charge < -0.3 is 20.3 Å². The SMILES string of the molecule is Nc1ccc(C(=O)OCC2CCCCO2)c(O)c1. The van der Waals surface area contributed by atoms with E-state index in [2.05, 4.69) is 0 Å². The van der Waals surface area contributed by atoms with E-state index in [0.717, 1.165) is 25.9 Å². The van der Waals surface area contributed by atoms with E-state index in [-0.39, 0.29) is 24.0 Å². The van der Waals surface area contributed by atoms with Crippen LogP contribution in [0, 0.1) is 0 Å². The zero-order valence-electron chi connectivity index (χ0n) is 10.1. The summed E-state index contributed by atoms with van der Waals surface area (Å²) in [5.41, 5.74) is 6.01. The minimum absolute atomic E-state index is 0.0291. The van der Waals surface area contributed by atoms with Gasteiger partial charge in [-0.05, 0) is 31.4 Å². The summed E-state index contributed by atoms with van der Waals surface area (Å²) in [5, 5.41) is 9.59. The molecular weight excluding hydrogens is 234 g/mol. The van der Waals surface area contributed by atoms with Crippen molar-refractivity contribution in [2.45, 2.75) is 25.4 Å². The smallest absolute Gasteiger partial charge is 0.342 e. The average molecular weight is 251 g/mol. The highest BCUT2D eigenvalue weighted by Crippen LogP contribution is 2.21. The minimum Gasteiger partial charge on any atom is -0.507 e. The molecule has 1 unspecified atom stereocenters. The van der Waals surface area contributed by atoms with Gasteiger partial charge >= 0.3 is 5.97 Å². The molecule has 0 aromatic heterocycles. The third-order valence-corrected chi connectivity index (χ3v) is 2.92. The number of anilines is 1. The fraction of sp³-hybridized carbons (Fsp3) is 0.462. The lowest BCUT2D eigenvalue weighted by Crippen LogP contribution is -2.25. The quantitative estimate of drug-likeness (QED) is 0.631. The molecule has 0 radical (unpaired) electrons. The fourth-order valence-electron chi connectivity index (χ4n) is 1.91. The normalized spacial score (nSPS) is 19.4. The highest BCUT2D eigenvalue weighted by atomic mass is 16.6. The Balaban J connectivity index is 1.90. The largest absolute Gasteiger partial charge is 0.507 e. The fourth-order valence-corrected chi connectivity index (χ4v) is 1.91. The lowest BCUT2D eigenvalue weighted by atomic mass is 10.1. The zero-order chi connectivity index (χ0) is 13.0. The first kappa shape index (κ1) is 12.7. The second kappa shape index (κ2) is 5.73. The predicted molar refractivity (Wildman–Crippen MR) is 66.4 cm³/mol. The summed E-state index contributed by atoms with van der Waals surface area (Å²) in [6.07, 6.45) is 3.03. The number of ether oxygens (including phenoxy) is 2. The molecule has 5 heteroatoms. The van der Waals surface area contributed by atoms with Crippen LogP contribution in [0.1, 0.15) is 29.6 Å². The Bertz CT molecular complexity index is 427. The maximum atomic E-state index is 11.7. The Hall–Kier alpha value is -1.75. The van der Waals surface area contributed by atoms with E-state index in [0.29, 0.717) is 5.69 Å². The van der Waals surface area contributed by atoms with Crippen LogP contribution in [0.5, 0.6) is 5.75 Å². The summed E-state index contributed by atoms with van der Waals surface area (Å²) in [6.45, 7) is 0.942. The van der Waals surface area contributed by atoms with Crippen molar-refractivity contribution in [1.82, 2.24) is 0 Å². The molecule has 1 aromatic carbocycles. The van der Waals surface area contributed by atoms with Gasteiger partial charge in [0.25, 0.3) is 0 Å². The maximum Gasteiger partial charge on any atom is 0.342 e. The summed E-state index contributed by atoms with van der Waals surface area (Å²) in [7, 11) is 0. The Labute approximate surface area is 106 Å². The van der Waals surface area contributed by atoms with Crippen molar-refractivity contribution in [3.8, 4) is 5.75 Å². The first-order valence-corrected chi connectivity index (χ1v) is 6.04. The minimum atomic E-state index is -0.554. The lowest BCUT2D eigenvalue weighted by molar-refractivity contribution is -0.0301. The molecule has 2 rings (SSSR count). The number of carbonyl (C=O) groups excluding carboxylic acids is 1. The van der Waals surface area contributed by atoms with E-state index in [1.807, 2.05) is 0 Å². The molecular formula is C13H17NO4. The predicted octanol–water partition coefficient (Wildman–Crippen LogP) is 1.70. The molecule has 1 fully saturated rings.